The number of nitrogens with one attached hydrogen (secondary N) is 1. The number of para-hydroxylation sites is 1. The fourth-order valence-corrected chi connectivity index (χ4v) is 2.16. The van der Waals surface area contributed by atoms with Crippen molar-refractivity contribution in [2.75, 3.05) is 5.32 Å². The van der Waals surface area contributed by atoms with E-state index in [4.69, 9.17) is 0 Å². The van der Waals surface area contributed by atoms with Crippen LogP contribution in [-0.4, -0.2) is 11.0 Å². The Labute approximate surface area is 116 Å². The van der Waals surface area contributed by atoms with Crippen molar-refractivity contribution in [1.82, 2.24) is 0 Å². The standard InChI is InChI=1S/C17H13NO2/c19-16-14-9-5-4-6-12(14)10-11-15(16)17(20)18-13-7-2-1-3-8-13/h1-11,19H,(H,18,20). The highest BCUT2D eigenvalue weighted by Crippen LogP contribution is 2.29. The molecule has 0 heterocycles. The molecule has 0 spiro atoms. The quantitative estimate of drug-likeness (QED) is 0.738. The first kappa shape index (κ1) is 12.2. The van der Waals surface area contributed by atoms with E-state index in [1.165, 1.54) is 0 Å². The van der Waals surface area contributed by atoms with E-state index in [0.29, 0.717) is 11.1 Å². The lowest BCUT2D eigenvalue weighted by atomic mass is 10.0. The number of carbonyl (C=O) groups excluding carboxylic acids is 1. The van der Waals surface area contributed by atoms with Gasteiger partial charge in [0.15, 0.2) is 0 Å². The summed E-state index contributed by atoms with van der Waals surface area (Å²) in [7, 11) is 0. The lowest BCUT2D eigenvalue weighted by molar-refractivity contribution is 0.102. The smallest absolute Gasteiger partial charge is 0.259 e. The van der Waals surface area contributed by atoms with Gasteiger partial charge < -0.3 is 10.4 Å². The van der Waals surface area contributed by atoms with Gasteiger partial charge >= 0.3 is 0 Å². The molecule has 2 N–H and O–H groups in total. The summed E-state index contributed by atoms with van der Waals surface area (Å²) in [6.07, 6.45) is 0. The zero-order chi connectivity index (χ0) is 13.9. The van der Waals surface area contributed by atoms with Crippen molar-refractivity contribution in [3.05, 3.63) is 72.3 Å². The summed E-state index contributed by atoms with van der Waals surface area (Å²) in [4.78, 5) is 12.2. The number of phenols is 1. The van der Waals surface area contributed by atoms with Gasteiger partial charge in [-0.3, -0.25) is 4.79 Å². The summed E-state index contributed by atoms with van der Waals surface area (Å²) in [5.74, 6) is -0.309. The van der Waals surface area contributed by atoms with Crippen LogP contribution in [0.2, 0.25) is 0 Å². The van der Waals surface area contributed by atoms with Crippen molar-refractivity contribution < 1.29 is 9.90 Å². The van der Waals surface area contributed by atoms with E-state index in [1.54, 1.807) is 24.3 Å². The average Bonchev–Trinajstić information content (AvgIpc) is 2.49. The van der Waals surface area contributed by atoms with Crippen LogP contribution in [0, 0.1) is 0 Å². The number of phenolic OH excluding ortho intramolecular Hbond substituents is 1. The van der Waals surface area contributed by atoms with Crippen LogP contribution < -0.4 is 5.32 Å². The number of rotatable bonds is 2. The van der Waals surface area contributed by atoms with E-state index in [0.717, 1.165) is 5.39 Å². The summed E-state index contributed by atoms with van der Waals surface area (Å²) in [6.45, 7) is 0. The van der Waals surface area contributed by atoms with Crippen LogP contribution in [0.1, 0.15) is 10.4 Å². The van der Waals surface area contributed by atoms with Gasteiger partial charge in [-0.25, -0.2) is 0 Å². The SMILES string of the molecule is O=C(Nc1ccccc1)c1ccc2ccccc2c1O. The van der Waals surface area contributed by atoms with Gasteiger partial charge in [0.25, 0.3) is 5.91 Å². The summed E-state index contributed by atoms with van der Waals surface area (Å²) in [5, 5.41) is 14.6. The number of aromatic hydroxyl groups is 1. The first-order valence-corrected chi connectivity index (χ1v) is 6.33. The molecule has 3 aromatic rings. The molecule has 0 radical (unpaired) electrons. The third-order valence-corrected chi connectivity index (χ3v) is 3.18. The van der Waals surface area contributed by atoms with Crippen LogP contribution in [0.4, 0.5) is 5.69 Å². The molecule has 98 valence electrons. The van der Waals surface area contributed by atoms with Crippen LogP contribution in [0.5, 0.6) is 5.75 Å². The molecule has 0 saturated heterocycles. The van der Waals surface area contributed by atoms with Crippen LogP contribution in [-0.2, 0) is 0 Å². The highest BCUT2D eigenvalue weighted by molar-refractivity contribution is 6.09. The molecule has 0 unspecified atom stereocenters. The Kier molecular flexibility index (Phi) is 3.09. The van der Waals surface area contributed by atoms with Crippen molar-refractivity contribution in [3.8, 4) is 5.75 Å². The van der Waals surface area contributed by atoms with Gasteiger partial charge in [0.2, 0.25) is 0 Å². The Morgan fingerprint density at radius 2 is 1.55 bits per heavy atom. The monoisotopic (exact) mass is 263 g/mol. The first-order chi connectivity index (χ1) is 9.75. The Bertz CT molecular complexity index is 766. The molecule has 0 atom stereocenters. The van der Waals surface area contributed by atoms with Crippen LogP contribution in [0.25, 0.3) is 10.8 Å². The van der Waals surface area contributed by atoms with Gasteiger partial charge in [0.05, 0.1) is 5.56 Å². The van der Waals surface area contributed by atoms with E-state index in [2.05, 4.69) is 5.32 Å². The molecule has 1 amide bonds. The molecule has 3 rings (SSSR count). The summed E-state index contributed by atoms with van der Waals surface area (Å²) in [5.41, 5.74) is 0.970. The molecule has 0 fully saturated rings. The third-order valence-electron chi connectivity index (χ3n) is 3.18. The highest BCUT2D eigenvalue weighted by Gasteiger charge is 2.13. The maximum Gasteiger partial charge on any atom is 0.259 e. The normalized spacial score (nSPS) is 10.4. The predicted molar refractivity (Wildman–Crippen MR) is 80.0 cm³/mol. The van der Waals surface area contributed by atoms with Gasteiger partial charge in [-0.1, -0.05) is 48.5 Å². The number of carbonyl (C=O) groups is 1. The Morgan fingerprint density at radius 1 is 0.850 bits per heavy atom. The molecule has 0 aliphatic rings. The molecule has 0 saturated carbocycles. The van der Waals surface area contributed by atoms with E-state index >= 15 is 0 Å². The fraction of sp³-hybridized carbons (Fsp3) is 0. The second kappa shape index (κ2) is 5.05. The second-order valence-corrected chi connectivity index (χ2v) is 4.50. The second-order valence-electron chi connectivity index (χ2n) is 4.50. The van der Waals surface area contributed by atoms with Crippen LogP contribution in [0.15, 0.2) is 66.7 Å². The van der Waals surface area contributed by atoms with Crippen LogP contribution >= 0.6 is 0 Å². The third kappa shape index (κ3) is 2.21. The van der Waals surface area contributed by atoms with Crippen molar-refractivity contribution in [2.45, 2.75) is 0 Å². The summed E-state index contributed by atoms with van der Waals surface area (Å²) >= 11 is 0. The van der Waals surface area contributed by atoms with Gasteiger partial charge in [-0.05, 0) is 23.6 Å². The molecule has 3 heteroatoms. The molecule has 0 aliphatic carbocycles. The highest BCUT2D eigenvalue weighted by atomic mass is 16.3. The molecule has 20 heavy (non-hydrogen) atoms. The van der Waals surface area contributed by atoms with Crippen molar-refractivity contribution in [2.24, 2.45) is 0 Å². The number of hydrogen-bond donors (Lipinski definition) is 2. The summed E-state index contributed by atoms with van der Waals surface area (Å²) < 4.78 is 0. The van der Waals surface area contributed by atoms with Crippen molar-refractivity contribution >= 4 is 22.4 Å². The number of hydrogen-bond acceptors (Lipinski definition) is 2. The van der Waals surface area contributed by atoms with Crippen molar-refractivity contribution in [3.63, 3.8) is 0 Å². The molecule has 3 nitrogen and oxygen atoms in total. The van der Waals surface area contributed by atoms with Gasteiger partial charge in [-0.2, -0.15) is 0 Å². The van der Waals surface area contributed by atoms with E-state index < -0.39 is 0 Å². The van der Waals surface area contributed by atoms with Crippen molar-refractivity contribution in [1.29, 1.82) is 0 Å². The lowest BCUT2D eigenvalue weighted by Crippen LogP contribution is -2.11. The van der Waals surface area contributed by atoms with E-state index in [9.17, 15) is 9.90 Å². The molecule has 0 aliphatic heterocycles. The minimum absolute atomic E-state index is 0.0107. The number of fused-ring (bicyclic) bond motifs is 1. The molecule has 0 bridgehead atoms. The minimum atomic E-state index is -0.320. The Balaban J connectivity index is 1.98. The van der Waals surface area contributed by atoms with Gasteiger partial charge in [0, 0.05) is 11.1 Å². The maximum absolute atomic E-state index is 12.2. The fourth-order valence-electron chi connectivity index (χ4n) is 2.16. The van der Waals surface area contributed by atoms with E-state index in [1.807, 2.05) is 42.5 Å². The van der Waals surface area contributed by atoms with Crippen LogP contribution in [0.3, 0.4) is 0 Å². The first-order valence-electron chi connectivity index (χ1n) is 6.33. The molecule has 3 aromatic carbocycles. The zero-order valence-electron chi connectivity index (χ0n) is 10.7. The molecular weight excluding hydrogens is 250 g/mol. The van der Waals surface area contributed by atoms with Gasteiger partial charge in [-0.15, -0.1) is 0 Å². The number of anilines is 1. The largest absolute Gasteiger partial charge is 0.506 e. The predicted octanol–water partition coefficient (Wildman–Crippen LogP) is 3.80. The number of benzene rings is 3. The van der Waals surface area contributed by atoms with Gasteiger partial charge in [0.1, 0.15) is 5.75 Å². The maximum atomic E-state index is 12.2. The lowest BCUT2D eigenvalue weighted by Gasteiger charge is -2.09. The summed E-state index contributed by atoms with van der Waals surface area (Å²) in [6, 6.07) is 20.1. The average molecular weight is 263 g/mol. The Hall–Kier alpha value is -2.81. The molecular formula is C17H13NO2. The number of amides is 1. The topological polar surface area (TPSA) is 49.3 Å². The van der Waals surface area contributed by atoms with E-state index in [-0.39, 0.29) is 17.2 Å². The minimum Gasteiger partial charge on any atom is -0.506 e. The zero-order valence-corrected chi connectivity index (χ0v) is 10.7. The Morgan fingerprint density at radius 3 is 2.35 bits per heavy atom. The molecule has 0 aromatic heterocycles.